The highest BCUT2D eigenvalue weighted by Crippen LogP contribution is 2.23. The Morgan fingerprint density at radius 2 is 2.12 bits per heavy atom. The standard InChI is InChI=1S/C12H11BrO2S/c13-12-5-9(8-16-12)7-15-11-4-2-1-3-10(11)6-14/h1-5,8,14H,6-7H2. The molecule has 0 fully saturated rings. The van der Waals surface area contributed by atoms with Crippen LogP contribution in [-0.4, -0.2) is 5.11 Å². The Balaban J connectivity index is 2.04. The van der Waals surface area contributed by atoms with Crippen molar-refractivity contribution < 1.29 is 9.84 Å². The van der Waals surface area contributed by atoms with E-state index in [9.17, 15) is 0 Å². The second kappa shape index (κ2) is 5.48. The molecule has 0 unspecified atom stereocenters. The molecule has 2 aromatic rings. The number of ether oxygens (including phenoxy) is 1. The third kappa shape index (κ3) is 2.84. The van der Waals surface area contributed by atoms with Crippen LogP contribution in [0.3, 0.4) is 0 Å². The van der Waals surface area contributed by atoms with Gasteiger partial charge in [0.05, 0.1) is 10.4 Å². The topological polar surface area (TPSA) is 29.5 Å². The summed E-state index contributed by atoms with van der Waals surface area (Å²) in [6, 6.07) is 9.55. The van der Waals surface area contributed by atoms with Gasteiger partial charge in [0.2, 0.25) is 0 Å². The maximum absolute atomic E-state index is 9.13. The summed E-state index contributed by atoms with van der Waals surface area (Å²) in [7, 11) is 0. The number of halogens is 1. The third-order valence-corrected chi connectivity index (χ3v) is 3.71. The molecular formula is C12H11BrO2S. The SMILES string of the molecule is OCc1ccccc1OCc1csc(Br)c1. The van der Waals surface area contributed by atoms with Gasteiger partial charge in [0, 0.05) is 11.1 Å². The van der Waals surface area contributed by atoms with Crippen LogP contribution in [0.4, 0.5) is 0 Å². The van der Waals surface area contributed by atoms with E-state index in [1.54, 1.807) is 11.3 Å². The van der Waals surface area contributed by atoms with Crippen LogP contribution >= 0.6 is 27.3 Å². The predicted molar refractivity (Wildman–Crippen MR) is 68.7 cm³/mol. The molecule has 4 heteroatoms. The molecular weight excluding hydrogens is 288 g/mol. The Morgan fingerprint density at radius 1 is 1.31 bits per heavy atom. The highest BCUT2D eigenvalue weighted by molar-refractivity contribution is 9.11. The van der Waals surface area contributed by atoms with E-state index in [-0.39, 0.29) is 6.61 Å². The van der Waals surface area contributed by atoms with Gasteiger partial charge in [-0.1, -0.05) is 18.2 Å². The van der Waals surface area contributed by atoms with Crippen molar-refractivity contribution in [3.63, 3.8) is 0 Å². The zero-order chi connectivity index (χ0) is 11.4. The van der Waals surface area contributed by atoms with Crippen molar-refractivity contribution in [3.05, 3.63) is 50.6 Å². The van der Waals surface area contributed by atoms with Crippen molar-refractivity contribution in [1.29, 1.82) is 0 Å². The van der Waals surface area contributed by atoms with Crippen molar-refractivity contribution in [3.8, 4) is 5.75 Å². The van der Waals surface area contributed by atoms with Crippen LogP contribution in [0, 0.1) is 0 Å². The molecule has 1 heterocycles. The molecule has 0 bridgehead atoms. The molecule has 0 spiro atoms. The van der Waals surface area contributed by atoms with Gasteiger partial charge in [-0.2, -0.15) is 0 Å². The quantitative estimate of drug-likeness (QED) is 0.935. The fourth-order valence-corrected chi connectivity index (χ4v) is 2.55. The first-order chi connectivity index (χ1) is 7.79. The minimum Gasteiger partial charge on any atom is -0.489 e. The number of hydrogen-bond donors (Lipinski definition) is 1. The molecule has 0 amide bonds. The lowest BCUT2D eigenvalue weighted by Gasteiger charge is -2.08. The molecule has 2 nitrogen and oxygen atoms in total. The van der Waals surface area contributed by atoms with Crippen molar-refractivity contribution >= 4 is 27.3 Å². The van der Waals surface area contributed by atoms with Gasteiger partial charge in [0.1, 0.15) is 12.4 Å². The molecule has 1 N–H and O–H groups in total. The van der Waals surface area contributed by atoms with Crippen molar-refractivity contribution in [2.75, 3.05) is 0 Å². The largest absolute Gasteiger partial charge is 0.489 e. The van der Waals surface area contributed by atoms with Crippen LogP contribution in [0.5, 0.6) is 5.75 Å². The van der Waals surface area contributed by atoms with Crippen molar-refractivity contribution in [1.82, 2.24) is 0 Å². The minimum atomic E-state index is 0.00348. The summed E-state index contributed by atoms with van der Waals surface area (Å²) in [5.74, 6) is 0.743. The fourth-order valence-electron chi connectivity index (χ4n) is 1.36. The van der Waals surface area contributed by atoms with Gasteiger partial charge in [0.15, 0.2) is 0 Å². The Labute approximate surface area is 107 Å². The zero-order valence-electron chi connectivity index (χ0n) is 8.52. The Hall–Kier alpha value is -0.840. The smallest absolute Gasteiger partial charge is 0.125 e. The van der Waals surface area contributed by atoms with Gasteiger partial charge in [0.25, 0.3) is 0 Å². The summed E-state index contributed by atoms with van der Waals surface area (Å²) in [5, 5.41) is 11.2. The van der Waals surface area contributed by atoms with Crippen LogP contribution < -0.4 is 4.74 Å². The van der Waals surface area contributed by atoms with E-state index in [1.165, 1.54) is 0 Å². The lowest BCUT2D eigenvalue weighted by Crippen LogP contribution is -1.97. The molecule has 0 aliphatic heterocycles. The maximum Gasteiger partial charge on any atom is 0.125 e. The maximum atomic E-state index is 9.13. The monoisotopic (exact) mass is 298 g/mol. The van der Waals surface area contributed by atoms with E-state index in [4.69, 9.17) is 9.84 Å². The molecule has 2 rings (SSSR count). The number of thiophene rings is 1. The van der Waals surface area contributed by atoms with E-state index in [0.29, 0.717) is 6.61 Å². The van der Waals surface area contributed by atoms with E-state index in [0.717, 1.165) is 20.7 Å². The predicted octanol–water partition coefficient (Wildman–Crippen LogP) is 3.58. The first-order valence-electron chi connectivity index (χ1n) is 4.84. The third-order valence-electron chi connectivity index (χ3n) is 2.16. The van der Waals surface area contributed by atoms with Gasteiger partial charge < -0.3 is 9.84 Å². The number of hydrogen-bond acceptors (Lipinski definition) is 3. The van der Waals surface area contributed by atoms with Crippen LogP contribution in [0.1, 0.15) is 11.1 Å². The molecule has 16 heavy (non-hydrogen) atoms. The van der Waals surface area contributed by atoms with Crippen LogP contribution in [0.2, 0.25) is 0 Å². The van der Waals surface area contributed by atoms with Crippen molar-refractivity contribution in [2.45, 2.75) is 13.2 Å². The first kappa shape index (κ1) is 11.6. The molecule has 1 aromatic heterocycles. The summed E-state index contributed by atoms with van der Waals surface area (Å²) < 4.78 is 6.75. The number of para-hydroxylation sites is 1. The zero-order valence-corrected chi connectivity index (χ0v) is 10.9. The molecule has 0 saturated carbocycles. The number of benzene rings is 1. The first-order valence-corrected chi connectivity index (χ1v) is 6.51. The number of rotatable bonds is 4. The summed E-state index contributed by atoms with van der Waals surface area (Å²) >= 11 is 5.05. The van der Waals surface area contributed by atoms with E-state index >= 15 is 0 Å². The summed E-state index contributed by atoms with van der Waals surface area (Å²) in [5.41, 5.74) is 1.95. The normalized spacial score (nSPS) is 10.4. The van der Waals surface area contributed by atoms with Gasteiger partial charge >= 0.3 is 0 Å². The minimum absolute atomic E-state index is 0.00348. The van der Waals surface area contributed by atoms with Crippen LogP contribution in [0.25, 0.3) is 0 Å². The molecule has 0 saturated heterocycles. The van der Waals surface area contributed by atoms with Gasteiger partial charge in [-0.05, 0) is 33.4 Å². The second-order valence-electron chi connectivity index (χ2n) is 3.31. The highest BCUT2D eigenvalue weighted by Gasteiger charge is 2.03. The summed E-state index contributed by atoms with van der Waals surface area (Å²) in [6.07, 6.45) is 0. The van der Waals surface area contributed by atoms with E-state index in [1.807, 2.05) is 35.7 Å². The van der Waals surface area contributed by atoms with Gasteiger partial charge in [-0.3, -0.25) is 0 Å². The molecule has 84 valence electrons. The van der Waals surface area contributed by atoms with E-state index in [2.05, 4.69) is 15.9 Å². The Morgan fingerprint density at radius 3 is 2.81 bits per heavy atom. The van der Waals surface area contributed by atoms with E-state index < -0.39 is 0 Å². The fraction of sp³-hybridized carbons (Fsp3) is 0.167. The average molecular weight is 299 g/mol. The molecule has 0 atom stereocenters. The number of aliphatic hydroxyl groups excluding tert-OH is 1. The Bertz CT molecular complexity index is 468. The molecule has 0 aliphatic carbocycles. The van der Waals surface area contributed by atoms with Crippen LogP contribution in [-0.2, 0) is 13.2 Å². The molecule has 1 aromatic carbocycles. The Kier molecular flexibility index (Phi) is 3.98. The van der Waals surface area contributed by atoms with Crippen LogP contribution in [0.15, 0.2) is 39.5 Å². The van der Waals surface area contributed by atoms with Gasteiger partial charge in [-0.25, -0.2) is 0 Å². The number of aliphatic hydroxyl groups is 1. The summed E-state index contributed by atoms with van der Waals surface area (Å²) in [6.45, 7) is 0.530. The lowest BCUT2D eigenvalue weighted by atomic mass is 10.2. The highest BCUT2D eigenvalue weighted by atomic mass is 79.9. The molecule has 0 radical (unpaired) electrons. The molecule has 0 aliphatic rings. The van der Waals surface area contributed by atoms with Gasteiger partial charge in [-0.15, -0.1) is 11.3 Å². The lowest BCUT2D eigenvalue weighted by molar-refractivity contribution is 0.259. The summed E-state index contributed by atoms with van der Waals surface area (Å²) in [4.78, 5) is 0. The average Bonchev–Trinajstić information content (AvgIpc) is 2.73. The second-order valence-corrected chi connectivity index (χ2v) is 5.60. The van der Waals surface area contributed by atoms with Crippen molar-refractivity contribution in [2.24, 2.45) is 0 Å².